The van der Waals surface area contributed by atoms with E-state index < -0.39 is 0 Å². The maximum atomic E-state index is 4.78. The second-order valence-corrected chi connectivity index (χ2v) is 4.82. The van der Waals surface area contributed by atoms with Crippen molar-refractivity contribution in [1.82, 2.24) is 9.55 Å². The topological polar surface area (TPSA) is 29.9 Å². The summed E-state index contributed by atoms with van der Waals surface area (Å²) in [5.74, 6) is 1.85. The number of rotatable bonds is 1. The van der Waals surface area contributed by atoms with Gasteiger partial charge in [0.2, 0.25) is 5.95 Å². The minimum absolute atomic E-state index is 0.741. The maximum absolute atomic E-state index is 4.78. The normalized spacial score (nSPS) is 21.4. The van der Waals surface area contributed by atoms with Crippen molar-refractivity contribution in [3.8, 4) is 0 Å². The van der Waals surface area contributed by atoms with Crippen molar-refractivity contribution in [1.29, 1.82) is 0 Å². The molecule has 0 aromatic carbocycles. The van der Waals surface area contributed by atoms with Gasteiger partial charge >= 0.3 is 0 Å². The summed E-state index contributed by atoms with van der Waals surface area (Å²) in [5.41, 5.74) is 2.78. The number of hydrogen-bond donors (Lipinski definition) is 1. The highest BCUT2D eigenvalue weighted by atomic mass is 15.2. The van der Waals surface area contributed by atoms with E-state index in [0.717, 1.165) is 25.0 Å². The molecular formula is C12H19N3. The third-order valence-corrected chi connectivity index (χ3v) is 3.84. The first kappa shape index (κ1) is 9.25. The molecule has 3 nitrogen and oxygen atoms in total. The van der Waals surface area contributed by atoms with Crippen LogP contribution in [0, 0.1) is 6.92 Å². The molecule has 0 bridgehead atoms. The van der Waals surface area contributed by atoms with Crippen LogP contribution < -0.4 is 5.32 Å². The van der Waals surface area contributed by atoms with E-state index >= 15 is 0 Å². The van der Waals surface area contributed by atoms with E-state index in [1.165, 1.54) is 43.5 Å². The van der Waals surface area contributed by atoms with Gasteiger partial charge in [0.1, 0.15) is 0 Å². The fourth-order valence-corrected chi connectivity index (χ4v) is 2.98. The predicted octanol–water partition coefficient (Wildman–Crippen LogP) is 2.66. The molecule has 1 aromatic rings. The van der Waals surface area contributed by atoms with E-state index in [1.807, 2.05) is 0 Å². The molecule has 1 N–H and O–H groups in total. The van der Waals surface area contributed by atoms with Gasteiger partial charge in [-0.1, -0.05) is 12.8 Å². The van der Waals surface area contributed by atoms with Gasteiger partial charge in [-0.2, -0.15) is 0 Å². The molecule has 3 heteroatoms. The van der Waals surface area contributed by atoms with Gasteiger partial charge < -0.3 is 9.88 Å². The number of nitrogens with one attached hydrogen (secondary N) is 1. The minimum Gasteiger partial charge on any atom is -0.356 e. The Kier molecular flexibility index (Phi) is 2.19. The Bertz CT molecular complexity index is 361. The molecule has 1 aliphatic heterocycles. The smallest absolute Gasteiger partial charge is 0.203 e. The van der Waals surface area contributed by atoms with Gasteiger partial charge in [-0.15, -0.1) is 0 Å². The molecule has 0 radical (unpaired) electrons. The first-order valence-corrected chi connectivity index (χ1v) is 6.17. The number of hydrogen-bond acceptors (Lipinski definition) is 2. The highest BCUT2D eigenvalue weighted by Gasteiger charge is 2.25. The summed E-state index contributed by atoms with van der Waals surface area (Å²) in [5, 5.41) is 3.40. The molecule has 0 unspecified atom stereocenters. The van der Waals surface area contributed by atoms with Crippen molar-refractivity contribution >= 4 is 5.95 Å². The zero-order chi connectivity index (χ0) is 10.3. The summed E-state index contributed by atoms with van der Waals surface area (Å²) < 4.78 is 2.36. The highest BCUT2D eigenvalue weighted by molar-refractivity contribution is 5.36. The monoisotopic (exact) mass is 205 g/mol. The van der Waals surface area contributed by atoms with Crippen molar-refractivity contribution in [3.05, 3.63) is 11.4 Å². The van der Waals surface area contributed by atoms with Crippen LogP contribution in [0.2, 0.25) is 0 Å². The molecule has 1 fully saturated rings. The van der Waals surface area contributed by atoms with Crippen LogP contribution in [0.5, 0.6) is 0 Å². The van der Waals surface area contributed by atoms with Crippen molar-refractivity contribution in [3.63, 3.8) is 0 Å². The fourth-order valence-electron chi connectivity index (χ4n) is 2.98. The molecule has 2 aliphatic rings. The summed E-state index contributed by atoms with van der Waals surface area (Å²) in [7, 11) is 0. The Morgan fingerprint density at radius 1 is 1.27 bits per heavy atom. The van der Waals surface area contributed by atoms with E-state index in [0.29, 0.717) is 0 Å². The van der Waals surface area contributed by atoms with Crippen LogP contribution in [-0.2, 0) is 6.54 Å². The molecule has 1 aliphatic carbocycles. The van der Waals surface area contributed by atoms with Gasteiger partial charge in [0.15, 0.2) is 0 Å². The van der Waals surface area contributed by atoms with Crippen LogP contribution in [0.15, 0.2) is 0 Å². The van der Waals surface area contributed by atoms with E-state index in [9.17, 15) is 0 Å². The van der Waals surface area contributed by atoms with Crippen LogP contribution >= 0.6 is 0 Å². The van der Waals surface area contributed by atoms with Crippen LogP contribution in [0.25, 0.3) is 0 Å². The van der Waals surface area contributed by atoms with Crippen molar-refractivity contribution in [2.24, 2.45) is 0 Å². The Balaban J connectivity index is 1.97. The molecule has 1 saturated carbocycles. The third kappa shape index (κ3) is 1.45. The van der Waals surface area contributed by atoms with E-state index in [-0.39, 0.29) is 0 Å². The van der Waals surface area contributed by atoms with Crippen molar-refractivity contribution < 1.29 is 0 Å². The minimum atomic E-state index is 0.741. The molecule has 0 saturated heterocycles. The Hall–Kier alpha value is -0.990. The lowest BCUT2D eigenvalue weighted by Gasteiger charge is -2.16. The quantitative estimate of drug-likeness (QED) is 0.764. The molecule has 15 heavy (non-hydrogen) atoms. The molecule has 0 spiro atoms. The Morgan fingerprint density at radius 2 is 2.07 bits per heavy atom. The third-order valence-electron chi connectivity index (χ3n) is 3.84. The van der Waals surface area contributed by atoms with E-state index in [1.54, 1.807) is 0 Å². The number of aromatic nitrogens is 2. The van der Waals surface area contributed by atoms with Gasteiger partial charge in [0.25, 0.3) is 0 Å². The molecule has 82 valence electrons. The Labute approximate surface area is 90.9 Å². The van der Waals surface area contributed by atoms with Crippen LogP contribution in [-0.4, -0.2) is 16.1 Å². The molecule has 2 heterocycles. The van der Waals surface area contributed by atoms with E-state index in [2.05, 4.69) is 16.8 Å². The lowest BCUT2D eigenvalue weighted by molar-refractivity contribution is 0.611. The predicted molar refractivity (Wildman–Crippen MR) is 61.3 cm³/mol. The lowest BCUT2D eigenvalue weighted by Crippen LogP contribution is -2.17. The molecular weight excluding hydrogens is 186 g/mol. The molecule has 0 amide bonds. The second kappa shape index (κ2) is 3.54. The fraction of sp³-hybridized carbons (Fsp3) is 0.750. The van der Waals surface area contributed by atoms with Crippen LogP contribution in [0.1, 0.15) is 49.4 Å². The molecule has 0 atom stereocenters. The van der Waals surface area contributed by atoms with Crippen molar-refractivity contribution in [2.45, 2.75) is 51.5 Å². The van der Waals surface area contributed by atoms with Crippen molar-refractivity contribution in [2.75, 3.05) is 11.9 Å². The first-order chi connectivity index (χ1) is 7.36. The summed E-state index contributed by atoms with van der Waals surface area (Å²) in [6, 6.07) is 0. The van der Waals surface area contributed by atoms with Gasteiger partial charge in [-0.05, 0) is 26.2 Å². The SMILES string of the molecule is Cc1c(C2CCCC2)nc2n1CCCN2. The summed E-state index contributed by atoms with van der Waals surface area (Å²) in [6.45, 7) is 4.46. The average molecular weight is 205 g/mol. The summed E-state index contributed by atoms with van der Waals surface area (Å²) in [4.78, 5) is 4.78. The zero-order valence-electron chi connectivity index (χ0n) is 9.42. The molecule has 3 rings (SSSR count). The number of anilines is 1. The van der Waals surface area contributed by atoms with Crippen LogP contribution in [0.4, 0.5) is 5.95 Å². The number of fused-ring (bicyclic) bond motifs is 1. The number of imidazole rings is 1. The van der Waals surface area contributed by atoms with E-state index in [4.69, 9.17) is 4.98 Å². The van der Waals surface area contributed by atoms with Gasteiger partial charge in [0, 0.05) is 24.7 Å². The highest BCUT2D eigenvalue weighted by Crippen LogP contribution is 2.36. The largest absolute Gasteiger partial charge is 0.356 e. The maximum Gasteiger partial charge on any atom is 0.203 e. The standard InChI is InChI=1S/C12H19N3/c1-9-11(10-5-2-3-6-10)14-12-13-7-4-8-15(9)12/h10H,2-8H2,1H3,(H,13,14). The summed E-state index contributed by atoms with van der Waals surface area (Å²) in [6.07, 6.45) is 6.70. The van der Waals surface area contributed by atoms with Gasteiger partial charge in [-0.25, -0.2) is 4.98 Å². The Morgan fingerprint density at radius 3 is 2.80 bits per heavy atom. The summed E-state index contributed by atoms with van der Waals surface area (Å²) >= 11 is 0. The average Bonchev–Trinajstić information content (AvgIpc) is 2.87. The second-order valence-electron chi connectivity index (χ2n) is 4.82. The lowest BCUT2D eigenvalue weighted by atomic mass is 10.0. The van der Waals surface area contributed by atoms with Gasteiger partial charge in [0.05, 0.1) is 5.69 Å². The number of nitrogens with zero attached hydrogens (tertiary/aromatic N) is 2. The molecule has 1 aromatic heterocycles. The van der Waals surface area contributed by atoms with Gasteiger partial charge in [-0.3, -0.25) is 0 Å². The van der Waals surface area contributed by atoms with Crippen LogP contribution in [0.3, 0.4) is 0 Å². The first-order valence-electron chi connectivity index (χ1n) is 6.17. The zero-order valence-corrected chi connectivity index (χ0v) is 9.42.